The van der Waals surface area contributed by atoms with E-state index in [1.165, 1.54) is 11.1 Å². The molecule has 0 saturated carbocycles. The van der Waals surface area contributed by atoms with Crippen LogP contribution in [0.1, 0.15) is 56.9 Å². The van der Waals surface area contributed by atoms with Gasteiger partial charge in [-0.15, -0.1) is 0 Å². The highest BCUT2D eigenvalue weighted by Gasteiger charge is 2.50. The number of hydrogen-bond donors (Lipinski definition) is 0. The van der Waals surface area contributed by atoms with E-state index >= 15 is 0 Å². The van der Waals surface area contributed by atoms with Crippen LogP contribution >= 0.6 is 0 Å². The van der Waals surface area contributed by atoms with Crippen LogP contribution in [0, 0.1) is 12.8 Å². The molecule has 0 N–H and O–H groups in total. The molecule has 3 atom stereocenters. The zero-order valence-electron chi connectivity index (χ0n) is 20.4. The molecule has 5 nitrogen and oxygen atoms in total. The highest BCUT2D eigenvalue weighted by Crippen LogP contribution is 2.51. The molecule has 0 aromatic heterocycles. The minimum atomic E-state index is -3.79. The van der Waals surface area contributed by atoms with Gasteiger partial charge in [-0.2, -0.15) is 8.42 Å². The van der Waals surface area contributed by atoms with E-state index in [1.807, 2.05) is 6.92 Å². The fourth-order valence-corrected chi connectivity index (χ4v) is 8.74. The summed E-state index contributed by atoms with van der Waals surface area (Å²) in [6.45, 7) is 10.8. The minimum Gasteiger partial charge on any atom is -0.543 e. The van der Waals surface area contributed by atoms with Gasteiger partial charge in [0.1, 0.15) is 5.75 Å². The summed E-state index contributed by atoms with van der Waals surface area (Å²) in [5.41, 5.74) is 3.02. The standard InChI is InChI=1S/C26H36O5SSi/c1-6-33(7-2,8-3)31-22-12-11-20-17-26(5)21(15-25(30-26)24(20)16-22)18-29-32(27,28)23-13-9-19(4)10-14-23/h9-14,16,21,25H,6-8,15,17-18H2,1-5H3. The third-order valence-electron chi connectivity index (χ3n) is 7.78. The van der Waals surface area contributed by atoms with E-state index in [0.29, 0.717) is 0 Å². The lowest BCUT2D eigenvalue weighted by molar-refractivity contribution is -0.0622. The molecule has 2 aliphatic heterocycles. The maximum Gasteiger partial charge on any atom is 0.296 e. The van der Waals surface area contributed by atoms with Gasteiger partial charge in [-0.3, -0.25) is 4.18 Å². The first-order chi connectivity index (χ1) is 15.6. The normalized spacial score (nSPS) is 24.5. The van der Waals surface area contributed by atoms with Crippen molar-refractivity contribution in [3.63, 3.8) is 0 Å². The molecule has 2 aromatic rings. The Kier molecular flexibility index (Phi) is 6.80. The Labute approximate surface area is 199 Å². The van der Waals surface area contributed by atoms with Crippen LogP contribution in [0.25, 0.3) is 0 Å². The SMILES string of the molecule is CC[Si](CC)(CC)Oc1ccc2c(c1)C1CC(COS(=O)(=O)c3ccc(C)cc3)C(C)(C2)O1. The van der Waals surface area contributed by atoms with E-state index in [0.717, 1.165) is 42.3 Å². The Hall–Kier alpha value is -1.67. The molecular weight excluding hydrogens is 452 g/mol. The number of aryl methyl sites for hydroxylation is 1. The fraction of sp³-hybridized carbons (Fsp3) is 0.538. The average Bonchev–Trinajstić information content (AvgIpc) is 3.08. The Morgan fingerprint density at radius 2 is 1.73 bits per heavy atom. The Morgan fingerprint density at radius 1 is 1.06 bits per heavy atom. The maximum absolute atomic E-state index is 12.7. The number of fused-ring (bicyclic) bond motifs is 4. The molecule has 7 heteroatoms. The summed E-state index contributed by atoms with van der Waals surface area (Å²) >= 11 is 0. The minimum absolute atomic E-state index is 0.00474. The molecule has 2 heterocycles. The second-order valence-corrected chi connectivity index (χ2v) is 16.1. The topological polar surface area (TPSA) is 61.8 Å². The van der Waals surface area contributed by atoms with Crippen molar-refractivity contribution in [3.05, 3.63) is 59.2 Å². The number of rotatable bonds is 9. The van der Waals surface area contributed by atoms with Gasteiger partial charge in [-0.05, 0) is 73.8 Å². The van der Waals surface area contributed by atoms with Crippen molar-refractivity contribution in [1.29, 1.82) is 0 Å². The molecule has 0 radical (unpaired) electrons. The lowest BCUT2D eigenvalue weighted by atomic mass is 9.85. The van der Waals surface area contributed by atoms with Gasteiger partial charge in [-0.1, -0.05) is 44.5 Å². The van der Waals surface area contributed by atoms with E-state index in [1.54, 1.807) is 24.3 Å². The Balaban J connectivity index is 1.49. The second-order valence-electron chi connectivity index (χ2n) is 9.79. The van der Waals surface area contributed by atoms with Crippen molar-refractivity contribution in [2.45, 2.75) is 82.2 Å². The van der Waals surface area contributed by atoms with Crippen LogP contribution in [-0.4, -0.2) is 28.9 Å². The van der Waals surface area contributed by atoms with Gasteiger partial charge in [0, 0.05) is 12.3 Å². The lowest BCUT2D eigenvalue weighted by Crippen LogP contribution is -2.40. The summed E-state index contributed by atoms with van der Waals surface area (Å²) in [4.78, 5) is 0.195. The largest absolute Gasteiger partial charge is 0.543 e. The van der Waals surface area contributed by atoms with Crippen LogP contribution in [0.3, 0.4) is 0 Å². The fourth-order valence-electron chi connectivity index (χ4n) is 5.23. The molecule has 4 rings (SSSR count). The summed E-state index contributed by atoms with van der Waals surface area (Å²) in [5, 5.41) is 0. The van der Waals surface area contributed by atoms with E-state index < -0.39 is 24.0 Å². The summed E-state index contributed by atoms with van der Waals surface area (Å²) in [5.74, 6) is 0.940. The third kappa shape index (κ3) is 4.78. The molecule has 2 aromatic carbocycles. The quantitative estimate of drug-likeness (QED) is 0.312. The summed E-state index contributed by atoms with van der Waals surface area (Å²) in [6, 6.07) is 16.5. The molecule has 180 valence electrons. The highest BCUT2D eigenvalue weighted by atomic mass is 32.2. The molecule has 0 amide bonds. The van der Waals surface area contributed by atoms with Crippen molar-refractivity contribution in [3.8, 4) is 5.75 Å². The predicted octanol–water partition coefficient (Wildman–Crippen LogP) is 6.18. The number of hydrogen-bond acceptors (Lipinski definition) is 5. The smallest absolute Gasteiger partial charge is 0.296 e. The number of ether oxygens (including phenoxy) is 1. The summed E-state index contributed by atoms with van der Waals surface area (Å²) in [7, 11) is -5.54. The molecule has 2 bridgehead atoms. The molecule has 33 heavy (non-hydrogen) atoms. The van der Waals surface area contributed by atoms with Gasteiger partial charge in [0.25, 0.3) is 10.1 Å². The molecule has 1 saturated heterocycles. The van der Waals surface area contributed by atoms with Crippen LogP contribution in [0.2, 0.25) is 18.1 Å². The maximum atomic E-state index is 12.7. The molecule has 0 spiro atoms. The molecule has 1 fully saturated rings. The van der Waals surface area contributed by atoms with E-state index in [9.17, 15) is 8.42 Å². The Morgan fingerprint density at radius 3 is 2.36 bits per heavy atom. The van der Waals surface area contributed by atoms with Gasteiger partial charge in [0.2, 0.25) is 8.32 Å². The zero-order chi connectivity index (χ0) is 23.9. The zero-order valence-corrected chi connectivity index (χ0v) is 22.2. The van der Waals surface area contributed by atoms with Crippen molar-refractivity contribution < 1.29 is 21.8 Å². The van der Waals surface area contributed by atoms with Crippen LogP contribution in [0.5, 0.6) is 5.75 Å². The van der Waals surface area contributed by atoms with E-state index in [4.69, 9.17) is 13.3 Å². The van der Waals surface area contributed by atoms with Gasteiger partial charge in [-0.25, -0.2) is 0 Å². The van der Waals surface area contributed by atoms with Gasteiger partial charge in [0.05, 0.1) is 23.2 Å². The van der Waals surface area contributed by atoms with Crippen molar-refractivity contribution in [2.75, 3.05) is 6.61 Å². The molecule has 3 unspecified atom stereocenters. The second kappa shape index (κ2) is 9.17. The van der Waals surface area contributed by atoms with E-state index in [2.05, 4.69) is 45.9 Å². The van der Waals surface area contributed by atoms with Crippen molar-refractivity contribution in [2.24, 2.45) is 5.92 Å². The monoisotopic (exact) mass is 488 g/mol. The molecular formula is C26H36O5SSi. The highest BCUT2D eigenvalue weighted by molar-refractivity contribution is 7.86. The molecule has 0 aliphatic carbocycles. The van der Waals surface area contributed by atoms with Crippen LogP contribution < -0.4 is 4.43 Å². The average molecular weight is 489 g/mol. The summed E-state index contributed by atoms with van der Waals surface area (Å²) < 4.78 is 44.0. The molecule has 2 aliphatic rings. The first-order valence-corrected chi connectivity index (χ1v) is 16.0. The van der Waals surface area contributed by atoms with Gasteiger partial charge >= 0.3 is 0 Å². The van der Waals surface area contributed by atoms with Crippen LogP contribution in [0.15, 0.2) is 47.4 Å². The third-order valence-corrected chi connectivity index (χ3v) is 13.6. The van der Waals surface area contributed by atoms with Crippen LogP contribution in [-0.2, 0) is 25.5 Å². The Bertz CT molecular complexity index is 1090. The first kappa shape index (κ1) is 24.5. The van der Waals surface area contributed by atoms with Crippen LogP contribution in [0.4, 0.5) is 0 Å². The first-order valence-electron chi connectivity index (χ1n) is 12.1. The van der Waals surface area contributed by atoms with E-state index in [-0.39, 0.29) is 23.5 Å². The van der Waals surface area contributed by atoms with Crippen molar-refractivity contribution in [1.82, 2.24) is 0 Å². The summed E-state index contributed by atoms with van der Waals surface area (Å²) in [6.07, 6.45) is 1.43. The lowest BCUT2D eigenvalue weighted by Gasteiger charge is -2.35. The van der Waals surface area contributed by atoms with Crippen molar-refractivity contribution >= 4 is 18.4 Å². The predicted molar refractivity (Wildman–Crippen MR) is 133 cm³/mol. The number of benzene rings is 2. The van der Waals surface area contributed by atoms with Gasteiger partial charge < -0.3 is 9.16 Å². The van der Waals surface area contributed by atoms with Gasteiger partial charge in [0.15, 0.2) is 0 Å².